The smallest absolute Gasteiger partial charge is 0.200 e. The molecule has 1 atom stereocenters. The fraction of sp³-hybridized carbons (Fsp3) is 0.294. The molecule has 0 bridgehead atoms. The number of tetrazole rings is 1. The average molecular weight is 356 g/mol. The lowest BCUT2D eigenvalue weighted by Crippen LogP contribution is -2.23. The van der Waals surface area contributed by atoms with Crippen LogP contribution in [0.1, 0.15) is 0 Å². The third-order valence-corrected chi connectivity index (χ3v) is 4.34. The molecule has 1 aromatic carbocycles. The van der Waals surface area contributed by atoms with E-state index in [1.807, 2.05) is 11.0 Å². The fourth-order valence-corrected chi connectivity index (χ4v) is 2.90. The predicted octanol–water partition coefficient (Wildman–Crippen LogP) is 1.23. The van der Waals surface area contributed by atoms with E-state index in [1.54, 1.807) is 31.4 Å². The first-order chi connectivity index (χ1) is 12.7. The molecule has 4 rings (SSSR count). The van der Waals surface area contributed by atoms with Gasteiger partial charge in [0.2, 0.25) is 0 Å². The number of aliphatic hydroxyl groups excluding tert-OH is 1. The summed E-state index contributed by atoms with van der Waals surface area (Å²) in [4.78, 5) is 6.22. The molecule has 2 aromatic heterocycles. The van der Waals surface area contributed by atoms with Crippen LogP contribution in [-0.2, 0) is 11.8 Å². The highest BCUT2D eigenvalue weighted by Gasteiger charge is 2.23. The summed E-state index contributed by atoms with van der Waals surface area (Å²) in [6.45, 7) is 0.833. The van der Waals surface area contributed by atoms with Gasteiger partial charge in [0.25, 0.3) is 0 Å². The third kappa shape index (κ3) is 3.02. The van der Waals surface area contributed by atoms with E-state index in [2.05, 4.69) is 20.5 Å². The van der Waals surface area contributed by atoms with Crippen LogP contribution < -0.4 is 4.90 Å². The number of anilines is 1. The summed E-state index contributed by atoms with van der Waals surface area (Å²) in [6, 6.07) is 8.57. The zero-order chi connectivity index (χ0) is 18.1. The molecule has 0 unspecified atom stereocenters. The van der Waals surface area contributed by atoms with Gasteiger partial charge in [-0.25, -0.2) is 9.07 Å². The molecule has 1 aliphatic rings. The monoisotopic (exact) mass is 356 g/mol. The van der Waals surface area contributed by atoms with E-state index in [0.29, 0.717) is 35.9 Å². The molecule has 0 radical (unpaired) electrons. The molecule has 1 fully saturated rings. The first-order valence-electron chi connectivity index (χ1n) is 8.12. The quantitative estimate of drug-likeness (QED) is 0.752. The Morgan fingerprint density at radius 2 is 2.19 bits per heavy atom. The van der Waals surface area contributed by atoms with Gasteiger partial charge in [-0.2, -0.15) is 0 Å². The predicted molar refractivity (Wildman–Crippen MR) is 91.6 cm³/mol. The summed E-state index contributed by atoms with van der Waals surface area (Å²) in [5, 5.41) is 20.4. The van der Waals surface area contributed by atoms with Crippen LogP contribution >= 0.6 is 0 Å². The van der Waals surface area contributed by atoms with E-state index < -0.39 is 0 Å². The first-order valence-corrected chi connectivity index (χ1v) is 8.12. The maximum atomic E-state index is 14.6. The van der Waals surface area contributed by atoms with Gasteiger partial charge in [-0.05, 0) is 34.7 Å². The summed E-state index contributed by atoms with van der Waals surface area (Å²) in [6.07, 6.45) is 1.37. The fourth-order valence-electron chi connectivity index (χ4n) is 2.90. The largest absolute Gasteiger partial charge is 0.394 e. The number of aryl methyl sites for hydroxylation is 1. The standard InChI is InChI=1S/C17H17FN6O2/c1-23-17(20-21-22-23)16-5-2-11(7-19-16)14-4-3-12(6-15(14)18)24-8-13(9-25)26-10-24/h2-7,13,25H,8-10H2,1H3/t13-/m1/s1. The van der Waals surface area contributed by atoms with Crippen molar-refractivity contribution >= 4 is 5.69 Å². The number of hydrogen-bond acceptors (Lipinski definition) is 7. The Morgan fingerprint density at radius 3 is 2.81 bits per heavy atom. The van der Waals surface area contributed by atoms with Crippen LogP contribution in [0.5, 0.6) is 0 Å². The molecule has 26 heavy (non-hydrogen) atoms. The molecule has 1 aliphatic heterocycles. The number of pyridine rings is 1. The maximum absolute atomic E-state index is 14.6. The van der Waals surface area contributed by atoms with E-state index in [1.165, 1.54) is 10.7 Å². The lowest BCUT2D eigenvalue weighted by molar-refractivity contribution is 0.0645. The Bertz CT molecular complexity index is 914. The number of aromatic nitrogens is 5. The van der Waals surface area contributed by atoms with Crippen LogP contribution in [0.2, 0.25) is 0 Å². The minimum atomic E-state index is -0.343. The van der Waals surface area contributed by atoms with E-state index in [4.69, 9.17) is 9.84 Å². The number of hydrogen-bond donors (Lipinski definition) is 1. The molecule has 134 valence electrons. The van der Waals surface area contributed by atoms with Crippen molar-refractivity contribution in [1.82, 2.24) is 25.2 Å². The average Bonchev–Trinajstić information content (AvgIpc) is 3.31. The minimum Gasteiger partial charge on any atom is -0.394 e. The minimum absolute atomic E-state index is 0.0455. The molecule has 0 amide bonds. The molecule has 0 saturated carbocycles. The van der Waals surface area contributed by atoms with Crippen molar-refractivity contribution in [2.45, 2.75) is 6.10 Å². The Balaban J connectivity index is 1.57. The van der Waals surface area contributed by atoms with Crippen LogP contribution in [0.4, 0.5) is 10.1 Å². The van der Waals surface area contributed by atoms with Crippen molar-refractivity contribution in [2.24, 2.45) is 7.05 Å². The number of ether oxygens (including phenoxy) is 1. The lowest BCUT2D eigenvalue weighted by atomic mass is 10.1. The topological polar surface area (TPSA) is 89.2 Å². The van der Waals surface area contributed by atoms with Crippen LogP contribution in [0.3, 0.4) is 0 Å². The summed E-state index contributed by atoms with van der Waals surface area (Å²) < 4.78 is 21.6. The number of benzene rings is 1. The summed E-state index contributed by atoms with van der Waals surface area (Å²) in [5.41, 5.74) is 2.46. The summed E-state index contributed by atoms with van der Waals surface area (Å²) >= 11 is 0. The Hall–Kier alpha value is -2.91. The third-order valence-electron chi connectivity index (χ3n) is 4.34. The van der Waals surface area contributed by atoms with Gasteiger partial charge >= 0.3 is 0 Å². The number of rotatable bonds is 4. The van der Waals surface area contributed by atoms with Crippen molar-refractivity contribution in [3.8, 4) is 22.6 Å². The van der Waals surface area contributed by atoms with Gasteiger partial charge in [-0.1, -0.05) is 6.07 Å². The summed E-state index contributed by atoms with van der Waals surface area (Å²) in [5.74, 6) is 0.199. The highest BCUT2D eigenvalue weighted by molar-refractivity contribution is 5.68. The SMILES string of the molecule is Cn1nnnc1-c1ccc(-c2ccc(N3CO[C@@H](CO)C3)cc2F)cn1. The molecule has 1 saturated heterocycles. The van der Waals surface area contributed by atoms with Gasteiger partial charge in [0.1, 0.15) is 24.3 Å². The van der Waals surface area contributed by atoms with E-state index in [-0.39, 0.29) is 18.5 Å². The Kier molecular flexibility index (Phi) is 4.31. The Morgan fingerprint density at radius 1 is 1.31 bits per heavy atom. The molecule has 3 aromatic rings. The van der Waals surface area contributed by atoms with Crippen molar-refractivity contribution in [1.29, 1.82) is 0 Å². The number of nitrogens with zero attached hydrogens (tertiary/aromatic N) is 6. The van der Waals surface area contributed by atoms with E-state index in [0.717, 1.165) is 5.69 Å². The normalized spacial score (nSPS) is 17.0. The van der Waals surface area contributed by atoms with Gasteiger partial charge in [0.05, 0.1) is 6.61 Å². The van der Waals surface area contributed by atoms with Crippen LogP contribution in [0, 0.1) is 5.82 Å². The van der Waals surface area contributed by atoms with Gasteiger partial charge in [-0.15, -0.1) is 5.10 Å². The highest BCUT2D eigenvalue weighted by atomic mass is 19.1. The number of halogens is 1. The van der Waals surface area contributed by atoms with Crippen molar-refractivity contribution in [3.63, 3.8) is 0 Å². The molecule has 3 heterocycles. The van der Waals surface area contributed by atoms with Crippen molar-refractivity contribution < 1.29 is 14.2 Å². The molecule has 1 N–H and O–H groups in total. The second-order valence-corrected chi connectivity index (χ2v) is 6.05. The second kappa shape index (κ2) is 6.77. The van der Waals surface area contributed by atoms with E-state index >= 15 is 0 Å². The molecule has 0 spiro atoms. The molecule has 8 nitrogen and oxygen atoms in total. The molecule has 9 heteroatoms. The van der Waals surface area contributed by atoms with Gasteiger partial charge in [-0.3, -0.25) is 4.98 Å². The first kappa shape index (κ1) is 16.6. The second-order valence-electron chi connectivity index (χ2n) is 6.05. The molecular formula is C17H17FN6O2. The van der Waals surface area contributed by atoms with Crippen molar-refractivity contribution in [2.75, 3.05) is 24.8 Å². The highest BCUT2D eigenvalue weighted by Crippen LogP contribution is 2.28. The van der Waals surface area contributed by atoms with E-state index in [9.17, 15) is 4.39 Å². The maximum Gasteiger partial charge on any atom is 0.200 e. The zero-order valence-corrected chi connectivity index (χ0v) is 14.1. The summed E-state index contributed by atoms with van der Waals surface area (Å²) in [7, 11) is 1.73. The van der Waals surface area contributed by atoms with Crippen LogP contribution in [0.15, 0.2) is 36.5 Å². The van der Waals surface area contributed by atoms with Crippen LogP contribution in [0.25, 0.3) is 22.6 Å². The van der Waals surface area contributed by atoms with Crippen LogP contribution in [-0.4, -0.2) is 56.3 Å². The number of aliphatic hydroxyl groups is 1. The van der Waals surface area contributed by atoms with Gasteiger partial charge in [0, 0.05) is 36.6 Å². The Labute approximate surface area is 148 Å². The van der Waals surface area contributed by atoms with Gasteiger partial charge in [0.15, 0.2) is 5.82 Å². The lowest BCUT2D eigenvalue weighted by Gasteiger charge is -2.17. The van der Waals surface area contributed by atoms with Crippen molar-refractivity contribution in [3.05, 3.63) is 42.3 Å². The molecule has 0 aliphatic carbocycles. The zero-order valence-electron chi connectivity index (χ0n) is 14.1. The molecular weight excluding hydrogens is 339 g/mol. The van der Waals surface area contributed by atoms with Gasteiger partial charge < -0.3 is 14.7 Å².